The zero-order valence-electron chi connectivity index (χ0n) is 23.8. The lowest BCUT2D eigenvalue weighted by molar-refractivity contribution is -0.0755. The molecule has 39 heavy (non-hydrogen) atoms. The number of alkyl halides is 2. The zero-order chi connectivity index (χ0) is 29.5. The van der Waals surface area contributed by atoms with Gasteiger partial charge in [0.25, 0.3) is 5.92 Å². The van der Waals surface area contributed by atoms with Gasteiger partial charge < -0.3 is 23.5 Å². The second-order valence-corrected chi connectivity index (χ2v) is 10.6. The van der Waals surface area contributed by atoms with E-state index in [4.69, 9.17) is 18.9 Å². The molecular formula is C27H40F2N2O8. The Balaban J connectivity index is 2.78. The van der Waals surface area contributed by atoms with E-state index >= 15 is 8.78 Å². The number of pyridine rings is 1. The minimum absolute atomic E-state index is 0.0221. The maximum absolute atomic E-state index is 15.1. The average Bonchev–Trinajstić information content (AvgIpc) is 3.09. The quantitative estimate of drug-likeness (QED) is 0.212. The number of rotatable bonds is 11. The Bertz CT molecular complexity index is 1100. The summed E-state index contributed by atoms with van der Waals surface area (Å²) in [4.78, 5) is 53.2. The van der Waals surface area contributed by atoms with Gasteiger partial charge in [0.05, 0.1) is 19.8 Å². The third kappa shape index (κ3) is 8.15. The highest BCUT2D eigenvalue weighted by molar-refractivity contribution is 5.94. The van der Waals surface area contributed by atoms with E-state index in [1.165, 1.54) is 0 Å². The van der Waals surface area contributed by atoms with Crippen LogP contribution in [0.2, 0.25) is 0 Å². The second kappa shape index (κ2) is 13.3. The molecule has 1 amide bonds. The van der Waals surface area contributed by atoms with Gasteiger partial charge in [0.2, 0.25) is 5.43 Å². The van der Waals surface area contributed by atoms with Crippen molar-refractivity contribution < 1.29 is 42.1 Å². The molecule has 0 aromatic carbocycles. The number of hydrogen-bond donors (Lipinski definition) is 0. The van der Waals surface area contributed by atoms with Gasteiger partial charge in [-0.25, -0.2) is 23.2 Å². The van der Waals surface area contributed by atoms with Gasteiger partial charge in [-0.3, -0.25) is 9.69 Å². The van der Waals surface area contributed by atoms with Crippen molar-refractivity contribution in [1.29, 1.82) is 0 Å². The minimum atomic E-state index is -3.25. The SMILES string of the molecule is CCCCOc1c(C(=O)OCC)n(CN(C(=O)OC(C)(C)C)C2C[C@H](C)CC2(F)F)cc(C(=O)OCC)c1=O. The highest BCUT2D eigenvalue weighted by Gasteiger charge is 2.52. The van der Waals surface area contributed by atoms with Crippen molar-refractivity contribution in [2.45, 2.75) is 98.4 Å². The summed E-state index contributed by atoms with van der Waals surface area (Å²) in [6.45, 7) is 10.7. The van der Waals surface area contributed by atoms with Crippen LogP contribution >= 0.6 is 0 Å². The van der Waals surface area contributed by atoms with E-state index < -0.39 is 77.0 Å². The van der Waals surface area contributed by atoms with Crippen molar-refractivity contribution in [3.63, 3.8) is 0 Å². The monoisotopic (exact) mass is 558 g/mol. The number of halogens is 2. The largest absolute Gasteiger partial charge is 0.487 e. The van der Waals surface area contributed by atoms with Gasteiger partial charge in [-0.1, -0.05) is 20.3 Å². The first-order valence-electron chi connectivity index (χ1n) is 13.3. The molecule has 0 N–H and O–H groups in total. The number of unbranched alkanes of at least 4 members (excludes halogenated alkanes) is 1. The topological polar surface area (TPSA) is 113 Å². The first kappa shape index (κ1) is 32.0. The average molecular weight is 559 g/mol. The Labute approximate surface area is 227 Å². The number of esters is 2. The van der Waals surface area contributed by atoms with Crippen LogP contribution in [0.1, 0.15) is 95.0 Å². The van der Waals surface area contributed by atoms with Crippen LogP contribution < -0.4 is 10.2 Å². The number of carbonyl (C=O) groups excluding carboxylic acids is 3. The molecule has 1 saturated carbocycles. The second-order valence-electron chi connectivity index (χ2n) is 10.6. The van der Waals surface area contributed by atoms with E-state index in [-0.39, 0.29) is 26.2 Å². The molecule has 1 fully saturated rings. The maximum Gasteiger partial charge on any atom is 0.412 e. The predicted octanol–water partition coefficient (Wildman–Crippen LogP) is 5.01. The van der Waals surface area contributed by atoms with Gasteiger partial charge in [-0.05, 0) is 53.4 Å². The van der Waals surface area contributed by atoms with Gasteiger partial charge >= 0.3 is 18.0 Å². The molecule has 2 rings (SSSR count). The van der Waals surface area contributed by atoms with Crippen LogP contribution in [0.25, 0.3) is 0 Å². The third-order valence-corrected chi connectivity index (χ3v) is 5.99. The molecular weight excluding hydrogens is 518 g/mol. The third-order valence-electron chi connectivity index (χ3n) is 5.99. The van der Waals surface area contributed by atoms with Crippen LogP contribution in [0.15, 0.2) is 11.0 Å². The van der Waals surface area contributed by atoms with Crippen molar-refractivity contribution in [3.05, 3.63) is 27.7 Å². The molecule has 0 bridgehead atoms. The van der Waals surface area contributed by atoms with Crippen molar-refractivity contribution in [2.24, 2.45) is 5.92 Å². The van der Waals surface area contributed by atoms with Crippen LogP contribution in [-0.2, 0) is 20.9 Å². The van der Waals surface area contributed by atoms with E-state index in [1.807, 2.05) is 6.92 Å². The number of aromatic nitrogens is 1. The standard InChI is InChI=1S/C27H40F2N2O8/c1-8-11-12-38-22-20(24(34)37-10-3)30(15-18(21(22)32)23(33)36-9-2)16-31(25(35)39-26(5,6)7)19-13-17(4)14-27(19,28)29/h15,17,19H,8-14,16H2,1-7H3/t17-,19?/m0/s1. The van der Waals surface area contributed by atoms with Crippen LogP contribution in [0.3, 0.4) is 0 Å². The number of ether oxygens (including phenoxy) is 4. The molecule has 0 radical (unpaired) electrons. The fourth-order valence-corrected chi connectivity index (χ4v) is 4.33. The Hall–Kier alpha value is -3.18. The molecule has 1 aliphatic carbocycles. The van der Waals surface area contributed by atoms with Gasteiger partial charge in [0.1, 0.15) is 23.9 Å². The van der Waals surface area contributed by atoms with E-state index in [9.17, 15) is 19.2 Å². The minimum Gasteiger partial charge on any atom is -0.487 e. The summed E-state index contributed by atoms with van der Waals surface area (Å²) >= 11 is 0. The number of carbonyl (C=O) groups is 3. The van der Waals surface area contributed by atoms with Crippen molar-refractivity contribution in [1.82, 2.24) is 9.47 Å². The Kier molecular flexibility index (Phi) is 10.9. The number of nitrogens with zero attached hydrogens (tertiary/aromatic N) is 2. The van der Waals surface area contributed by atoms with Crippen molar-refractivity contribution >= 4 is 18.0 Å². The lowest BCUT2D eigenvalue weighted by atomic mass is 10.1. The molecule has 2 atom stereocenters. The van der Waals surface area contributed by atoms with Gasteiger partial charge in [0, 0.05) is 12.6 Å². The zero-order valence-corrected chi connectivity index (χ0v) is 23.8. The summed E-state index contributed by atoms with van der Waals surface area (Å²) in [6, 6.07) is -1.56. The molecule has 1 heterocycles. The molecule has 1 aromatic rings. The van der Waals surface area contributed by atoms with E-state index in [2.05, 4.69) is 0 Å². The summed E-state index contributed by atoms with van der Waals surface area (Å²) in [5, 5.41) is 0. The normalized spacial score (nSPS) is 18.4. The summed E-state index contributed by atoms with van der Waals surface area (Å²) in [7, 11) is 0. The van der Waals surface area contributed by atoms with Crippen LogP contribution in [0.5, 0.6) is 5.75 Å². The van der Waals surface area contributed by atoms with Gasteiger partial charge in [-0.2, -0.15) is 0 Å². The van der Waals surface area contributed by atoms with Crippen LogP contribution in [0, 0.1) is 5.92 Å². The summed E-state index contributed by atoms with van der Waals surface area (Å²) < 4.78 is 52.6. The van der Waals surface area contributed by atoms with Crippen LogP contribution in [0.4, 0.5) is 13.6 Å². The lowest BCUT2D eigenvalue weighted by Crippen LogP contribution is -2.50. The molecule has 220 valence electrons. The molecule has 0 aliphatic heterocycles. The van der Waals surface area contributed by atoms with Crippen molar-refractivity contribution in [3.8, 4) is 5.75 Å². The Morgan fingerprint density at radius 2 is 1.72 bits per heavy atom. The Morgan fingerprint density at radius 1 is 1.10 bits per heavy atom. The molecule has 1 aromatic heterocycles. The molecule has 1 aliphatic rings. The smallest absolute Gasteiger partial charge is 0.412 e. The summed E-state index contributed by atoms with van der Waals surface area (Å²) in [5.41, 5.74) is -2.80. The predicted molar refractivity (Wildman–Crippen MR) is 138 cm³/mol. The van der Waals surface area contributed by atoms with Gasteiger partial charge in [-0.15, -0.1) is 0 Å². The maximum atomic E-state index is 15.1. The fourth-order valence-electron chi connectivity index (χ4n) is 4.33. The van der Waals surface area contributed by atoms with Crippen LogP contribution in [-0.4, -0.2) is 64.9 Å². The first-order valence-corrected chi connectivity index (χ1v) is 13.3. The molecule has 1 unspecified atom stereocenters. The molecule has 12 heteroatoms. The Morgan fingerprint density at radius 3 is 2.23 bits per heavy atom. The highest BCUT2D eigenvalue weighted by Crippen LogP contribution is 2.42. The molecule has 0 spiro atoms. The highest BCUT2D eigenvalue weighted by atomic mass is 19.3. The molecule has 0 saturated heterocycles. The van der Waals surface area contributed by atoms with Crippen molar-refractivity contribution in [2.75, 3.05) is 19.8 Å². The fraction of sp³-hybridized carbons (Fsp3) is 0.704. The molecule has 10 nitrogen and oxygen atoms in total. The lowest BCUT2D eigenvalue weighted by Gasteiger charge is -2.35. The van der Waals surface area contributed by atoms with E-state index in [0.29, 0.717) is 12.8 Å². The summed E-state index contributed by atoms with van der Waals surface area (Å²) in [6.07, 6.45) is 0.745. The van der Waals surface area contributed by atoms with E-state index in [0.717, 1.165) is 15.7 Å². The number of hydrogen-bond acceptors (Lipinski definition) is 8. The first-order chi connectivity index (χ1) is 18.2. The summed E-state index contributed by atoms with van der Waals surface area (Å²) in [5.74, 6) is -6.09. The van der Waals surface area contributed by atoms with E-state index in [1.54, 1.807) is 41.5 Å². The van der Waals surface area contributed by atoms with Gasteiger partial charge in [0.15, 0.2) is 11.4 Å². The number of amides is 1.